The third-order valence-electron chi connectivity index (χ3n) is 4.80. The third-order valence-corrected chi connectivity index (χ3v) is 6.70. The molecular weight excluding hydrogens is 574 g/mol. The fourth-order valence-electron chi connectivity index (χ4n) is 3.24. The summed E-state index contributed by atoms with van der Waals surface area (Å²) in [6, 6.07) is 4.42. The third kappa shape index (κ3) is 5.58. The van der Waals surface area contributed by atoms with Crippen LogP contribution in [0.15, 0.2) is 52.2 Å². The van der Waals surface area contributed by atoms with Crippen LogP contribution in [0.4, 0.5) is 18.9 Å². The first kappa shape index (κ1) is 27.3. The van der Waals surface area contributed by atoms with Crippen LogP contribution in [0.5, 0.6) is 0 Å². The number of nitrogens with one attached hydrogen (secondary N) is 2. The van der Waals surface area contributed by atoms with Crippen molar-refractivity contribution < 1.29 is 30.9 Å². The lowest BCUT2D eigenvalue weighted by Gasteiger charge is -2.15. The van der Waals surface area contributed by atoms with E-state index >= 15 is 0 Å². The van der Waals surface area contributed by atoms with Crippen molar-refractivity contribution in [3.05, 3.63) is 64.2 Å². The number of carbonyl (C=O) groups excluding carboxylic acids is 1. The summed E-state index contributed by atoms with van der Waals surface area (Å²) in [4.78, 5) is 16.2. The fourth-order valence-corrected chi connectivity index (χ4v) is 4.70. The molecule has 17 heteroatoms. The van der Waals surface area contributed by atoms with Gasteiger partial charge >= 0.3 is 6.18 Å². The van der Waals surface area contributed by atoms with E-state index in [0.29, 0.717) is 6.07 Å². The molecule has 0 fully saturated rings. The number of benzene rings is 1. The summed E-state index contributed by atoms with van der Waals surface area (Å²) in [6.45, 7) is 3.45. The van der Waals surface area contributed by atoms with Crippen molar-refractivity contribution in [1.82, 2.24) is 30.2 Å². The predicted molar refractivity (Wildman–Crippen MR) is 130 cm³/mol. The van der Waals surface area contributed by atoms with E-state index in [1.54, 1.807) is 13.8 Å². The highest BCUT2D eigenvalue weighted by Gasteiger charge is 2.35. The Kier molecular flexibility index (Phi) is 7.36. The second-order valence-electron chi connectivity index (χ2n) is 7.96. The average Bonchev–Trinajstić information content (AvgIpc) is 3.48. The molecule has 0 aliphatic heterocycles. The van der Waals surface area contributed by atoms with Crippen molar-refractivity contribution in [2.75, 3.05) is 4.72 Å². The van der Waals surface area contributed by atoms with Gasteiger partial charge in [0.1, 0.15) is 12.0 Å². The summed E-state index contributed by atoms with van der Waals surface area (Å²) in [7, 11) is -4.63. The van der Waals surface area contributed by atoms with Gasteiger partial charge in [-0.25, -0.2) is 18.0 Å². The number of rotatable bonds is 7. The van der Waals surface area contributed by atoms with Crippen molar-refractivity contribution in [2.24, 2.45) is 0 Å². The summed E-state index contributed by atoms with van der Waals surface area (Å²) < 4.78 is 74.4. The minimum atomic E-state index is -4.90. The first-order chi connectivity index (χ1) is 17.8. The molecule has 3 aromatic heterocycles. The van der Waals surface area contributed by atoms with E-state index < -0.39 is 37.6 Å². The minimum absolute atomic E-state index is 0.0104. The number of carbonyl (C=O) groups is 1. The Labute approximate surface area is 223 Å². The maximum atomic E-state index is 13.3. The van der Waals surface area contributed by atoms with Crippen molar-refractivity contribution in [1.29, 1.82) is 0 Å². The first-order valence-electron chi connectivity index (χ1n) is 10.5. The smallest absolute Gasteiger partial charge is 0.363 e. The molecule has 0 aliphatic rings. The predicted octanol–water partition coefficient (Wildman–Crippen LogP) is 4.58. The zero-order chi connectivity index (χ0) is 27.8. The molecule has 0 unspecified atom stereocenters. The number of anilines is 1. The number of alkyl halides is 3. The van der Waals surface area contributed by atoms with E-state index in [1.807, 2.05) is 0 Å². The van der Waals surface area contributed by atoms with Crippen molar-refractivity contribution in [3.8, 4) is 17.3 Å². The SMILES string of the molecule is CC(C)NC(=O)c1nnc(-c2ncc(Cl)cc2NS(=O)(=O)c2ccc(Cl)c(C(F)(F)F)c2)n1-c1ccon1. The number of hydrogen-bond donors (Lipinski definition) is 2. The second-order valence-corrected chi connectivity index (χ2v) is 10.5. The molecule has 38 heavy (non-hydrogen) atoms. The summed E-state index contributed by atoms with van der Waals surface area (Å²) >= 11 is 11.7. The molecule has 1 amide bonds. The van der Waals surface area contributed by atoms with Gasteiger partial charge in [0, 0.05) is 18.3 Å². The maximum absolute atomic E-state index is 13.3. The van der Waals surface area contributed by atoms with Gasteiger partial charge in [-0.05, 0) is 38.1 Å². The summed E-state index contributed by atoms with van der Waals surface area (Å²) in [5, 5.41) is 13.6. The van der Waals surface area contributed by atoms with Crippen LogP contribution in [0.2, 0.25) is 10.0 Å². The fraction of sp³-hybridized carbons (Fsp3) is 0.190. The lowest BCUT2D eigenvalue weighted by molar-refractivity contribution is -0.137. The van der Waals surface area contributed by atoms with Gasteiger partial charge in [0.05, 0.1) is 26.2 Å². The quantitative estimate of drug-likeness (QED) is 0.318. The largest absolute Gasteiger partial charge is 0.417 e. The Balaban J connectivity index is 1.84. The van der Waals surface area contributed by atoms with Crippen LogP contribution in [0.25, 0.3) is 17.3 Å². The Morgan fingerprint density at radius 2 is 1.87 bits per heavy atom. The van der Waals surface area contributed by atoms with Crippen LogP contribution in [0.1, 0.15) is 30.0 Å². The number of pyridine rings is 1. The van der Waals surface area contributed by atoms with Gasteiger partial charge in [-0.3, -0.25) is 9.52 Å². The van der Waals surface area contributed by atoms with E-state index in [9.17, 15) is 26.4 Å². The van der Waals surface area contributed by atoms with Crippen LogP contribution < -0.4 is 10.0 Å². The molecule has 2 N–H and O–H groups in total. The average molecular weight is 590 g/mol. The molecule has 0 aliphatic carbocycles. The number of hydrogen-bond acceptors (Lipinski definition) is 8. The first-order valence-corrected chi connectivity index (χ1v) is 12.7. The van der Waals surface area contributed by atoms with Crippen LogP contribution >= 0.6 is 23.2 Å². The number of amides is 1. The van der Waals surface area contributed by atoms with E-state index in [0.717, 1.165) is 18.2 Å². The number of halogens is 5. The minimum Gasteiger partial charge on any atom is -0.363 e. The number of nitrogens with zero attached hydrogens (tertiary/aromatic N) is 5. The lowest BCUT2D eigenvalue weighted by Crippen LogP contribution is -2.32. The molecular formula is C21H16Cl2F3N7O4S. The maximum Gasteiger partial charge on any atom is 0.417 e. The molecule has 4 rings (SSSR count). The van der Waals surface area contributed by atoms with Gasteiger partial charge in [0.25, 0.3) is 15.9 Å². The number of sulfonamides is 1. The van der Waals surface area contributed by atoms with Gasteiger partial charge in [-0.15, -0.1) is 10.2 Å². The molecule has 3 heterocycles. The summed E-state index contributed by atoms with van der Waals surface area (Å²) in [5.41, 5.74) is -1.77. The Morgan fingerprint density at radius 1 is 1.13 bits per heavy atom. The van der Waals surface area contributed by atoms with Gasteiger partial charge in [0.2, 0.25) is 5.82 Å². The normalized spacial score (nSPS) is 12.1. The van der Waals surface area contributed by atoms with Gasteiger partial charge in [0.15, 0.2) is 11.6 Å². The van der Waals surface area contributed by atoms with Crippen LogP contribution in [-0.4, -0.2) is 45.3 Å². The molecule has 0 spiro atoms. The molecule has 0 bridgehead atoms. The number of aromatic nitrogens is 5. The van der Waals surface area contributed by atoms with Gasteiger partial charge < -0.3 is 9.84 Å². The molecule has 4 aromatic rings. The van der Waals surface area contributed by atoms with Crippen LogP contribution in [0.3, 0.4) is 0 Å². The molecule has 0 saturated carbocycles. The molecule has 11 nitrogen and oxygen atoms in total. The van der Waals surface area contributed by atoms with Crippen LogP contribution in [-0.2, 0) is 16.2 Å². The monoisotopic (exact) mass is 589 g/mol. The molecule has 200 valence electrons. The second kappa shape index (κ2) is 10.2. The lowest BCUT2D eigenvalue weighted by atomic mass is 10.2. The van der Waals surface area contributed by atoms with E-state index in [-0.39, 0.29) is 39.9 Å². The summed E-state index contributed by atoms with van der Waals surface area (Å²) in [5.74, 6) is -0.925. The highest BCUT2D eigenvalue weighted by molar-refractivity contribution is 7.92. The topological polar surface area (TPSA) is 145 Å². The van der Waals surface area contributed by atoms with Crippen LogP contribution in [0, 0.1) is 0 Å². The molecule has 0 radical (unpaired) electrons. The van der Waals surface area contributed by atoms with Crippen molar-refractivity contribution >= 4 is 44.8 Å². The molecule has 0 atom stereocenters. The van der Waals surface area contributed by atoms with Crippen molar-refractivity contribution in [3.63, 3.8) is 0 Å². The Bertz CT molecular complexity index is 1610. The van der Waals surface area contributed by atoms with E-state index in [2.05, 4.69) is 30.4 Å². The summed E-state index contributed by atoms with van der Waals surface area (Å²) in [6.07, 6.45) is -2.50. The standard InChI is InChI=1S/C21H16Cl2F3N7O4S/c1-10(2)28-20(34)19-30-29-18(33(19)16-5-6-37-31-16)17-15(7-11(22)9-27-17)32-38(35,36)12-3-4-14(23)13(8-12)21(24,25)26/h3-10,32H,1-2H3,(H,28,34). The zero-order valence-electron chi connectivity index (χ0n) is 19.3. The highest BCUT2D eigenvalue weighted by atomic mass is 35.5. The highest BCUT2D eigenvalue weighted by Crippen LogP contribution is 2.37. The van der Waals surface area contributed by atoms with E-state index in [1.165, 1.54) is 23.1 Å². The molecule has 1 aromatic carbocycles. The Morgan fingerprint density at radius 3 is 2.50 bits per heavy atom. The zero-order valence-corrected chi connectivity index (χ0v) is 21.6. The van der Waals surface area contributed by atoms with Crippen molar-refractivity contribution in [2.45, 2.75) is 31.0 Å². The van der Waals surface area contributed by atoms with E-state index in [4.69, 9.17) is 27.7 Å². The molecule has 0 saturated heterocycles. The van der Waals surface area contributed by atoms with Gasteiger partial charge in [-0.1, -0.05) is 28.4 Å². The van der Waals surface area contributed by atoms with Gasteiger partial charge in [-0.2, -0.15) is 13.2 Å². The Hall–Kier alpha value is -3.69.